The average molecular weight is 272 g/mol. The SMILES string of the molecule is CCc1ccc(C(F)(F)COCC(=O)O)cc1CC. The number of rotatable bonds is 7. The van der Waals surface area contributed by atoms with Gasteiger partial charge in [0.25, 0.3) is 5.92 Å². The maximum Gasteiger partial charge on any atom is 0.329 e. The molecule has 0 aliphatic heterocycles. The van der Waals surface area contributed by atoms with E-state index in [2.05, 4.69) is 4.74 Å². The molecule has 0 spiro atoms. The second kappa shape index (κ2) is 6.61. The summed E-state index contributed by atoms with van der Waals surface area (Å²) in [6.07, 6.45) is 1.48. The van der Waals surface area contributed by atoms with Gasteiger partial charge in [0.1, 0.15) is 13.2 Å². The van der Waals surface area contributed by atoms with Gasteiger partial charge in [-0.15, -0.1) is 0 Å². The first-order chi connectivity index (χ1) is 8.90. The number of carbonyl (C=O) groups is 1. The van der Waals surface area contributed by atoms with Crippen LogP contribution in [0, 0.1) is 0 Å². The number of ether oxygens (including phenoxy) is 1. The standard InChI is InChI=1S/C14H18F2O3/c1-3-10-5-6-12(7-11(10)4-2)14(15,16)9-19-8-13(17)18/h5-7H,3-4,8-9H2,1-2H3,(H,17,18). The molecule has 1 aromatic rings. The number of benzene rings is 1. The van der Waals surface area contributed by atoms with Crippen LogP contribution in [0.2, 0.25) is 0 Å². The molecule has 0 amide bonds. The molecule has 0 atom stereocenters. The molecule has 0 aliphatic rings. The van der Waals surface area contributed by atoms with E-state index in [-0.39, 0.29) is 5.56 Å². The number of carboxylic acid groups (broad SMARTS) is 1. The zero-order valence-corrected chi connectivity index (χ0v) is 11.1. The minimum Gasteiger partial charge on any atom is -0.480 e. The van der Waals surface area contributed by atoms with E-state index in [0.29, 0.717) is 6.42 Å². The summed E-state index contributed by atoms with van der Waals surface area (Å²) in [6.45, 7) is 2.25. The normalized spacial score (nSPS) is 11.6. The van der Waals surface area contributed by atoms with Gasteiger partial charge >= 0.3 is 5.97 Å². The van der Waals surface area contributed by atoms with E-state index in [1.165, 1.54) is 12.1 Å². The van der Waals surface area contributed by atoms with Crippen LogP contribution in [0.15, 0.2) is 18.2 Å². The van der Waals surface area contributed by atoms with Crippen LogP contribution < -0.4 is 0 Å². The van der Waals surface area contributed by atoms with Crippen molar-refractivity contribution in [1.82, 2.24) is 0 Å². The lowest BCUT2D eigenvalue weighted by Crippen LogP contribution is -2.23. The Morgan fingerprint density at radius 1 is 1.26 bits per heavy atom. The second-order valence-electron chi connectivity index (χ2n) is 4.28. The Balaban J connectivity index is 2.85. The van der Waals surface area contributed by atoms with Crippen molar-refractivity contribution in [1.29, 1.82) is 0 Å². The van der Waals surface area contributed by atoms with E-state index >= 15 is 0 Å². The van der Waals surface area contributed by atoms with Crippen molar-refractivity contribution in [3.05, 3.63) is 34.9 Å². The highest BCUT2D eigenvalue weighted by molar-refractivity contribution is 5.68. The topological polar surface area (TPSA) is 46.5 Å². The smallest absolute Gasteiger partial charge is 0.329 e. The monoisotopic (exact) mass is 272 g/mol. The zero-order chi connectivity index (χ0) is 14.5. The van der Waals surface area contributed by atoms with Crippen LogP contribution in [-0.2, 0) is 28.3 Å². The summed E-state index contributed by atoms with van der Waals surface area (Å²) in [4.78, 5) is 10.2. The maximum atomic E-state index is 13.8. The number of aliphatic carboxylic acids is 1. The highest BCUT2D eigenvalue weighted by Crippen LogP contribution is 2.30. The van der Waals surface area contributed by atoms with Gasteiger partial charge in [-0.3, -0.25) is 0 Å². The molecule has 0 bridgehead atoms. The predicted molar refractivity (Wildman–Crippen MR) is 67.5 cm³/mol. The molecule has 0 fully saturated rings. The van der Waals surface area contributed by atoms with Crippen LogP contribution in [0.1, 0.15) is 30.5 Å². The van der Waals surface area contributed by atoms with Crippen LogP contribution in [0.3, 0.4) is 0 Å². The largest absolute Gasteiger partial charge is 0.480 e. The van der Waals surface area contributed by atoms with Crippen LogP contribution in [0.25, 0.3) is 0 Å². The van der Waals surface area contributed by atoms with Crippen molar-refractivity contribution in [3.8, 4) is 0 Å². The number of hydrogen-bond acceptors (Lipinski definition) is 2. The molecule has 1 N–H and O–H groups in total. The van der Waals surface area contributed by atoms with E-state index < -0.39 is 25.1 Å². The summed E-state index contributed by atoms with van der Waals surface area (Å²) < 4.78 is 32.2. The van der Waals surface area contributed by atoms with E-state index in [4.69, 9.17) is 5.11 Å². The Morgan fingerprint density at radius 2 is 1.89 bits per heavy atom. The van der Waals surface area contributed by atoms with Gasteiger partial charge in [-0.2, -0.15) is 8.78 Å². The lowest BCUT2D eigenvalue weighted by atomic mass is 9.97. The fourth-order valence-electron chi connectivity index (χ4n) is 1.88. The molecular formula is C14H18F2O3. The summed E-state index contributed by atoms with van der Waals surface area (Å²) in [7, 11) is 0. The Morgan fingerprint density at radius 3 is 2.42 bits per heavy atom. The van der Waals surface area contributed by atoms with Gasteiger partial charge < -0.3 is 9.84 Å². The van der Waals surface area contributed by atoms with Gasteiger partial charge in [-0.05, 0) is 30.0 Å². The second-order valence-corrected chi connectivity index (χ2v) is 4.28. The van der Waals surface area contributed by atoms with Gasteiger partial charge in [0.15, 0.2) is 0 Å². The van der Waals surface area contributed by atoms with E-state index in [9.17, 15) is 13.6 Å². The summed E-state index contributed by atoms with van der Waals surface area (Å²) in [5.41, 5.74) is 1.80. The summed E-state index contributed by atoms with van der Waals surface area (Å²) in [6, 6.07) is 4.55. The summed E-state index contributed by atoms with van der Waals surface area (Å²) >= 11 is 0. The van der Waals surface area contributed by atoms with E-state index in [0.717, 1.165) is 17.5 Å². The van der Waals surface area contributed by atoms with Crippen LogP contribution in [0.5, 0.6) is 0 Å². The number of carboxylic acids is 1. The van der Waals surface area contributed by atoms with Gasteiger partial charge in [-0.25, -0.2) is 4.79 Å². The highest BCUT2D eigenvalue weighted by atomic mass is 19.3. The molecule has 1 rings (SSSR count). The van der Waals surface area contributed by atoms with Gasteiger partial charge in [0.2, 0.25) is 0 Å². The van der Waals surface area contributed by atoms with Crippen molar-refractivity contribution in [2.45, 2.75) is 32.6 Å². The quantitative estimate of drug-likeness (QED) is 0.830. The minimum absolute atomic E-state index is 0.132. The third kappa shape index (κ3) is 4.28. The Hall–Kier alpha value is -1.49. The number of alkyl halides is 2. The highest BCUT2D eigenvalue weighted by Gasteiger charge is 2.32. The van der Waals surface area contributed by atoms with Crippen molar-refractivity contribution in [2.24, 2.45) is 0 Å². The molecule has 0 saturated heterocycles. The molecule has 0 aromatic heterocycles. The minimum atomic E-state index is -3.17. The van der Waals surface area contributed by atoms with Crippen LogP contribution >= 0.6 is 0 Å². The molecule has 19 heavy (non-hydrogen) atoms. The predicted octanol–water partition coefficient (Wildman–Crippen LogP) is 3.00. The molecule has 0 saturated carbocycles. The molecule has 3 nitrogen and oxygen atoms in total. The van der Waals surface area contributed by atoms with Crippen molar-refractivity contribution in [2.75, 3.05) is 13.2 Å². The van der Waals surface area contributed by atoms with Crippen molar-refractivity contribution >= 4 is 5.97 Å². The molecule has 5 heteroatoms. The lowest BCUT2D eigenvalue weighted by molar-refractivity contribution is -0.147. The van der Waals surface area contributed by atoms with E-state index in [1.54, 1.807) is 6.07 Å². The van der Waals surface area contributed by atoms with Crippen molar-refractivity contribution in [3.63, 3.8) is 0 Å². The molecule has 0 aliphatic carbocycles. The summed E-state index contributed by atoms with van der Waals surface area (Å²) in [5, 5.41) is 8.36. The molecule has 106 valence electrons. The van der Waals surface area contributed by atoms with Crippen LogP contribution in [-0.4, -0.2) is 24.3 Å². The fraction of sp³-hybridized carbons (Fsp3) is 0.500. The lowest BCUT2D eigenvalue weighted by Gasteiger charge is -2.18. The Labute approximate surface area is 111 Å². The molecule has 0 heterocycles. The number of hydrogen-bond donors (Lipinski definition) is 1. The molecule has 1 aromatic carbocycles. The van der Waals surface area contributed by atoms with E-state index in [1.807, 2.05) is 13.8 Å². The van der Waals surface area contributed by atoms with Gasteiger partial charge in [-0.1, -0.05) is 26.0 Å². The number of aryl methyl sites for hydroxylation is 2. The average Bonchev–Trinajstić information content (AvgIpc) is 2.37. The van der Waals surface area contributed by atoms with Crippen molar-refractivity contribution < 1.29 is 23.4 Å². The van der Waals surface area contributed by atoms with Gasteiger partial charge in [0, 0.05) is 5.56 Å². The van der Waals surface area contributed by atoms with Gasteiger partial charge in [0.05, 0.1) is 0 Å². The Kier molecular flexibility index (Phi) is 5.42. The maximum absolute atomic E-state index is 13.8. The fourth-order valence-corrected chi connectivity index (χ4v) is 1.88. The zero-order valence-electron chi connectivity index (χ0n) is 11.1. The van der Waals surface area contributed by atoms with Crippen LogP contribution in [0.4, 0.5) is 8.78 Å². The molecule has 0 unspecified atom stereocenters. The first-order valence-electron chi connectivity index (χ1n) is 6.20. The third-order valence-electron chi connectivity index (χ3n) is 2.90. The summed E-state index contributed by atoms with van der Waals surface area (Å²) in [5.74, 6) is -4.43. The molecule has 0 radical (unpaired) electrons. The number of halogens is 2. The third-order valence-corrected chi connectivity index (χ3v) is 2.90. The Bertz CT molecular complexity index is 444. The first-order valence-corrected chi connectivity index (χ1v) is 6.20. The first kappa shape index (κ1) is 15.6. The molecular weight excluding hydrogens is 254 g/mol.